The lowest BCUT2D eigenvalue weighted by molar-refractivity contribution is -0.133. The number of nitrogens with zero attached hydrogens (tertiary/aromatic N) is 5. The lowest BCUT2D eigenvalue weighted by atomic mass is 10.0. The quantitative estimate of drug-likeness (QED) is 0.873. The van der Waals surface area contributed by atoms with Gasteiger partial charge in [-0.25, -0.2) is 9.97 Å². The summed E-state index contributed by atoms with van der Waals surface area (Å²) in [6.45, 7) is 3.62. The number of likely N-dealkylation sites (N-methyl/N-ethyl adjacent to an activating group) is 1. The van der Waals surface area contributed by atoms with Crippen molar-refractivity contribution in [3.63, 3.8) is 0 Å². The molecule has 1 atom stereocenters. The van der Waals surface area contributed by atoms with Crippen molar-refractivity contribution in [2.75, 3.05) is 31.6 Å². The SMILES string of the molecule is Cc1nccn1CC(=O)N(C)CC1(O)CCN(c2ccccn2)C1. The van der Waals surface area contributed by atoms with E-state index in [-0.39, 0.29) is 12.5 Å². The van der Waals surface area contributed by atoms with E-state index in [1.54, 1.807) is 35.1 Å². The molecule has 0 aromatic carbocycles. The first-order valence-corrected chi connectivity index (χ1v) is 8.07. The van der Waals surface area contributed by atoms with Gasteiger partial charge in [-0.3, -0.25) is 4.79 Å². The summed E-state index contributed by atoms with van der Waals surface area (Å²) < 4.78 is 1.80. The number of pyridine rings is 1. The highest BCUT2D eigenvalue weighted by molar-refractivity contribution is 5.75. The Labute approximate surface area is 141 Å². The average molecular weight is 329 g/mol. The van der Waals surface area contributed by atoms with Gasteiger partial charge < -0.3 is 19.5 Å². The number of amides is 1. The predicted molar refractivity (Wildman–Crippen MR) is 90.6 cm³/mol. The van der Waals surface area contributed by atoms with Gasteiger partial charge in [-0.2, -0.15) is 0 Å². The van der Waals surface area contributed by atoms with Crippen LogP contribution in [0.3, 0.4) is 0 Å². The second kappa shape index (κ2) is 6.60. The zero-order valence-corrected chi connectivity index (χ0v) is 14.1. The number of anilines is 1. The number of hydrogen-bond acceptors (Lipinski definition) is 5. The van der Waals surface area contributed by atoms with Crippen LogP contribution in [0.2, 0.25) is 0 Å². The molecule has 3 rings (SSSR count). The first-order chi connectivity index (χ1) is 11.5. The Morgan fingerprint density at radius 3 is 2.88 bits per heavy atom. The van der Waals surface area contributed by atoms with Gasteiger partial charge in [-0.1, -0.05) is 6.07 Å². The number of carbonyl (C=O) groups is 1. The average Bonchev–Trinajstić information content (AvgIpc) is 3.15. The maximum absolute atomic E-state index is 12.4. The molecule has 2 aromatic rings. The van der Waals surface area contributed by atoms with Crippen molar-refractivity contribution < 1.29 is 9.90 Å². The number of imidazole rings is 1. The molecule has 1 fully saturated rings. The Morgan fingerprint density at radius 2 is 2.21 bits per heavy atom. The van der Waals surface area contributed by atoms with Gasteiger partial charge >= 0.3 is 0 Å². The van der Waals surface area contributed by atoms with E-state index >= 15 is 0 Å². The predicted octanol–water partition coefficient (Wildman–Crippen LogP) is 0.686. The molecule has 1 N–H and O–H groups in total. The number of aryl methyl sites for hydroxylation is 1. The molecule has 0 bridgehead atoms. The molecular formula is C17H23N5O2. The van der Waals surface area contributed by atoms with Crippen LogP contribution in [0.25, 0.3) is 0 Å². The second-order valence-corrected chi connectivity index (χ2v) is 6.44. The summed E-state index contributed by atoms with van der Waals surface area (Å²) in [5.74, 6) is 1.62. The first kappa shape index (κ1) is 16.4. The van der Waals surface area contributed by atoms with Gasteiger partial charge in [0.1, 0.15) is 23.8 Å². The summed E-state index contributed by atoms with van der Waals surface area (Å²) >= 11 is 0. The van der Waals surface area contributed by atoms with Gasteiger partial charge in [0.25, 0.3) is 0 Å². The van der Waals surface area contributed by atoms with Crippen LogP contribution < -0.4 is 4.90 Å². The standard InChI is InChI=1S/C17H23N5O2/c1-14-18-8-10-21(14)11-16(23)20(2)12-17(24)6-9-22(13-17)15-5-3-4-7-19-15/h3-5,7-8,10,24H,6,9,11-13H2,1-2H3. The Balaban J connectivity index is 1.59. The summed E-state index contributed by atoms with van der Waals surface area (Å²) in [7, 11) is 1.73. The molecule has 1 amide bonds. The Hall–Kier alpha value is -2.41. The van der Waals surface area contributed by atoms with E-state index in [0.29, 0.717) is 19.5 Å². The molecule has 7 heteroatoms. The highest BCUT2D eigenvalue weighted by Crippen LogP contribution is 2.26. The number of carbonyl (C=O) groups excluding carboxylic acids is 1. The van der Waals surface area contributed by atoms with Crippen LogP contribution in [0.5, 0.6) is 0 Å². The molecule has 3 heterocycles. The van der Waals surface area contributed by atoms with E-state index in [9.17, 15) is 9.90 Å². The van der Waals surface area contributed by atoms with Crippen LogP contribution in [0.15, 0.2) is 36.8 Å². The van der Waals surface area contributed by atoms with Gasteiger partial charge in [-0.15, -0.1) is 0 Å². The molecular weight excluding hydrogens is 306 g/mol. The van der Waals surface area contributed by atoms with E-state index in [1.165, 1.54) is 0 Å². The van der Waals surface area contributed by atoms with Gasteiger partial charge in [-0.05, 0) is 25.5 Å². The summed E-state index contributed by atoms with van der Waals surface area (Å²) in [5, 5.41) is 10.8. The topological polar surface area (TPSA) is 74.5 Å². The monoisotopic (exact) mass is 329 g/mol. The van der Waals surface area contributed by atoms with E-state index in [0.717, 1.165) is 18.2 Å². The fraction of sp³-hybridized carbons (Fsp3) is 0.471. The molecule has 1 saturated heterocycles. The normalized spacial score (nSPS) is 20.4. The Bertz CT molecular complexity index is 702. The van der Waals surface area contributed by atoms with Crippen molar-refractivity contribution in [2.24, 2.45) is 0 Å². The highest BCUT2D eigenvalue weighted by atomic mass is 16.3. The fourth-order valence-corrected chi connectivity index (χ4v) is 3.09. The smallest absolute Gasteiger partial charge is 0.242 e. The number of β-amino-alcohol motifs (C(OH)–C–C–N with tert-alkyl or cyclic N) is 1. The molecule has 0 aliphatic carbocycles. The van der Waals surface area contributed by atoms with E-state index in [1.807, 2.05) is 25.1 Å². The van der Waals surface area contributed by atoms with Gasteiger partial charge in [0, 0.05) is 38.7 Å². The lowest BCUT2D eigenvalue weighted by Gasteiger charge is -2.29. The molecule has 1 aliphatic heterocycles. The van der Waals surface area contributed by atoms with Crippen molar-refractivity contribution in [3.8, 4) is 0 Å². The summed E-state index contributed by atoms with van der Waals surface area (Å²) in [4.78, 5) is 24.5. The molecule has 0 spiro atoms. The summed E-state index contributed by atoms with van der Waals surface area (Å²) in [6, 6.07) is 5.74. The molecule has 24 heavy (non-hydrogen) atoms. The van der Waals surface area contributed by atoms with Crippen molar-refractivity contribution in [3.05, 3.63) is 42.6 Å². The minimum atomic E-state index is -0.911. The van der Waals surface area contributed by atoms with Gasteiger partial charge in [0.05, 0.1) is 6.54 Å². The molecule has 128 valence electrons. The van der Waals surface area contributed by atoms with E-state index < -0.39 is 5.60 Å². The van der Waals surface area contributed by atoms with Crippen LogP contribution in [0, 0.1) is 6.92 Å². The third-order valence-electron chi connectivity index (χ3n) is 4.49. The van der Waals surface area contributed by atoms with Crippen molar-refractivity contribution in [2.45, 2.75) is 25.5 Å². The molecule has 1 aliphatic rings. The van der Waals surface area contributed by atoms with Crippen molar-refractivity contribution >= 4 is 11.7 Å². The largest absolute Gasteiger partial charge is 0.386 e. The number of aromatic nitrogens is 3. The number of rotatable bonds is 5. The van der Waals surface area contributed by atoms with Crippen LogP contribution in [0.1, 0.15) is 12.2 Å². The molecule has 0 radical (unpaired) electrons. The molecule has 7 nitrogen and oxygen atoms in total. The maximum Gasteiger partial charge on any atom is 0.242 e. The second-order valence-electron chi connectivity index (χ2n) is 6.44. The van der Waals surface area contributed by atoms with E-state index in [2.05, 4.69) is 14.9 Å². The number of hydrogen-bond donors (Lipinski definition) is 1. The zero-order chi connectivity index (χ0) is 17.2. The minimum absolute atomic E-state index is 0.0409. The molecule has 1 unspecified atom stereocenters. The fourth-order valence-electron chi connectivity index (χ4n) is 3.09. The number of aliphatic hydroxyl groups is 1. The third-order valence-corrected chi connectivity index (χ3v) is 4.49. The Kier molecular flexibility index (Phi) is 4.53. The lowest BCUT2D eigenvalue weighted by Crippen LogP contribution is -2.46. The summed E-state index contributed by atoms with van der Waals surface area (Å²) in [5.41, 5.74) is -0.911. The highest BCUT2D eigenvalue weighted by Gasteiger charge is 2.38. The zero-order valence-electron chi connectivity index (χ0n) is 14.1. The maximum atomic E-state index is 12.4. The van der Waals surface area contributed by atoms with Crippen molar-refractivity contribution in [1.29, 1.82) is 0 Å². The Morgan fingerprint density at radius 1 is 1.38 bits per heavy atom. The van der Waals surface area contributed by atoms with Crippen LogP contribution in [0.4, 0.5) is 5.82 Å². The van der Waals surface area contributed by atoms with Crippen LogP contribution in [-0.4, -0.2) is 62.7 Å². The summed E-state index contributed by atoms with van der Waals surface area (Å²) in [6.07, 6.45) is 5.83. The minimum Gasteiger partial charge on any atom is -0.386 e. The van der Waals surface area contributed by atoms with Crippen molar-refractivity contribution in [1.82, 2.24) is 19.4 Å². The van der Waals surface area contributed by atoms with Gasteiger partial charge in [0.2, 0.25) is 5.91 Å². The molecule has 0 saturated carbocycles. The van der Waals surface area contributed by atoms with Crippen LogP contribution in [-0.2, 0) is 11.3 Å². The van der Waals surface area contributed by atoms with E-state index in [4.69, 9.17) is 0 Å². The van der Waals surface area contributed by atoms with Crippen LogP contribution >= 0.6 is 0 Å². The van der Waals surface area contributed by atoms with Gasteiger partial charge in [0.15, 0.2) is 0 Å². The molecule has 2 aromatic heterocycles. The first-order valence-electron chi connectivity index (χ1n) is 8.07. The third kappa shape index (κ3) is 3.56.